The second-order valence-electron chi connectivity index (χ2n) is 7.38. The maximum Gasteiger partial charge on any atom is 0.265 e. The van der Waals surface area contributed by atoms with Gasteiger partial charge in [-0.1, -0.05) is 42.5 Å². The molecule has 1 aromatic heterocycles. The maximum absolute atomic E-state index is 13.9. The van der Waals surface area contributed by atoms with Crippen molar-refractivity contribution in [1.29, 1.82) is 0 Å². The number of para-hydroxylation sites is 1. The van der Waals surface area contributed by atoms with Gasteiger partial charge in [0.15, 0.2) is 6.61 Å². The Bertz CT molecular complexity index is 1340. The first-order valence-corrected chi connectivity index (χ1v) is 11.1. The zero-order valence-electron chi connectivity index (χ0n) is 17.3. The van der Waals surface area contributed by atoms with E-state index in [1.807, 2.05) is 41.8 Å². The van der Waals surface area contributed by atoms with Crippen molar-refractivity contribution in [3.05, 3.63) is 84.0 Å². The van der Waals surface area contributed by atoms with Crippen molar-refractivity contribution >= 4 is 34.5 Å². The summed E-state index contributed by atoms with van der Waals surface area (Å²) < 4.78 is 19.4. The minimum absolute atomic E-state index is 0.0631. The third-order valence-corrected chi connectivity index (χ3v) is 6.06. The Morgan fingerprint density at radius 1 is 1.06 bits per heavy atom. The smallest absolute Gasteiger partial charge is 0.265 e. The van der Waals surface area contributed by atoms with E-state index in [0.29, 0.717) is 11.4 Å². The summed E-state index contributed by atoms with van der Waals surface area (Å²) in [5.41, 5.74) is 3.12. The second-order valence-corrected chi connectivity index (χ2v) is 8.24. The monoisotopic (exact) mass is 459 g/mol. The van der Waals surface area contributed by atoms with Gasteiger partial charge in [0.1, 0.15) is 23.1 Å². The molecule has 0 unspecified atom stereocenters. The van der Waals surface area contributed by atoms with Crippen molar-refractivity contribution in [1.82, 2.24) is 4.98 Å². The first-order valence-electron chi connectivity index (χ1n) is 10.2. The first kappa shape index (κ1) is 20.8. The molecule has 0 aliphatic carbocycles. The van der Waals surface area contributed by atoms with Crippen LogP contribution < -0.4 is 15.0 Å². The molecule has 0 bridgehead atoms. The van der Waals surface area contributed by atoms with Crippen molar-refractivity contribution in [3.8, 4) is 27.6 Å². The van der Waals surface area contributed by atoms with Crippen molar-refractivity contribution in [2.24, 2.45) is 0 Å². The fourth-order valence-electron chi connectivity index (χ4n) is 3.55. The molecule has 5 rings (SSSR count). The molecule has 0 fully saturated rings. The van der Waals surface area contributed by atoms with E-state index in [0.717, 1.165) is 21.8 Å². The predicted molar refractivity (Wildman–Crippen MR) is 126 cm³/mol. The number of fused-ring (bicyclic) bond motifs is 1. The molecule has 4 aromatic rings. The lowest BCUT2D eigenvalue weighted by molar-refractivity contribution is -0.123. The van der Waals surface area contributed by atoms with Gasteiger partial charge in [0, 0.05) is 16.5 Å². The lowest BCUT2D eigenvalue weighted by Gasteiger charge is -2.29. The normalized spacial score (nSPS) is 12.8. The first-order chi connectivity index (χ1) is 16.1. The van der Waals surface area contributed by atoms with Crippen LogP contribution in [0.1, 0.15) is 0 Å². The van der Waals surface area contributed by atoms with Crippen molar-refractivity contribution in [2.75, 3.05) is 23.4 Å². The standard InChI is InChI=1S/C25H18FN3O3S/c26-18-8-4-5-9-19(18)27-23(30)13-29-21-12-17(10-11-22(21)32-14-24(29)31)20-15-33-25(28-20)16-6-2-1-3-7-16/h1-12,15H,13-14H2,(H,27,30). The Kier molecular flexibility index (Phi) is 5.58. The Morgan fingerprint density at radius 3 is 2.67 bits per heavy atom. The number of aromatic nitrogens is 1. The SMILES string of the molecule is O=C(CN1C(=O)COc2ccc(-c3csc(-c4ccccc4)n3)cc21)Nc1ccccc1F. The van der Waals surface area contributed by atoms with Gasteiger partial charge in [-0.05, 0) is 30.3 Å². The van der Waals surface area contributed by atoms with Crippen LogP contribution in [-0.4, -0.2) is 29.9 Å². The van der Waals surface area contributed by atoms with E-state index >= 15 is 0 Å². The molecule has 33 heavy (non-hydrogen) atoms. The van der Waals surface area contributed by atoms with Crippen LogP contribution in [0.3, 0.4) is 0 Å². The highest BCUT2D eigenvalue weighted by Gasteiger charge is 2.28. The maximum atomic E-state index is 13.9. The number of amides is 2. The lowest BCUT2D eigenvalue weighted by Crippen LogP contribution is -2.43. The quantitative estimate of drug-likeness (QED) is 0.457. The van der Waals surface area contributed by atoms with E-state index in [1.54, 1.807) is 18.2 Å². The molecule has 1 aliphatic heterocycles. The summed E-state index contributed by atoms with van der Waals surface area (Å²) in [5, 5.41) is 5.35. The van der Waals surface area contributed by atoms with Crippen LogP contribution in [0.2, 0.25) is 0 Å². The van der Waals surface area contributed by atoms with Crippen LogP contribution in [-0.2, 0) is 9.59 Å². The van der Waals surface area contributed by atoms with Gasteiger partial charge in [0.05, 0.1) is 17.1 Å². The molecule has 0 saturated carbocycles. The van der Waals surface area contributed by atoms with Gasteiger partial charge in [-0.2, -0.15) is 0 Å². The van der Waals surface area contributed by atoms with Crippen LogP contribution in [0.4, 0.5) is 15.8 Å². The summed E-state index contributed by atoms with van der Waals surface area (Å²) in [5.74, 6) is -0.909. The van der Waals surface area contributed by atoms with Crippen LogP contribution >= 0.6 is 11.3 Å². The molecule has 8 heteroatoms. The third kappa shape index (κ3) is 4.33. The molecule has 6 nitrogen and oxygen atoms in total. The molecule has 0 saturated heterocycles. The van der Waals surface area contributed by atoms with E-state index in [2.05, 4.69) is 5.32 Å². The Labute approximate surface area is 193 Å². The average molecular weight is 460 g/mol. The van der Waals surface area contributed by atoms with Gasteiger partial charge in [0.2, 0.25) is 5.91 Å². The van der Waals surface area contributed by atoms with Gasteiger partial charge in [-0.3, -0.25) is 14.5 Å². The lowest BCUT2D eigenvalue weighted by atomic mass is 10.1. The molecular formula is C25H18FN3O3S. The summed E-state index contributed by atoms with van der Waals surface area (Å²) in [6.45, 7) is -0.437. The van der Waals surface area contributed by atoms with Crippen molar-refractivity contribution in [2.45, 2.75) is 0 Å². The minimum atomic E-state index is -0.542. The fraction of sp³-hybridized carbons (Fsp3) is 0.0800. The van der Waals surface area contributed by atoms with Crippen LogP contribution in [0.5, 0.6) is 5.75 Å². The number of carbonyl (C=O) groups excluding carboxylic acids is 2. The summed E-state index contributed by atoms with van der Waals surface area (Å²) in [6, 6.07) is 21.2. The second kappa shape index (κ2) is 8.84. The highest BCUT2D eigenvalue weighted by molar-refractivity contribution is 7.13. The van der Waals surface area contributed by atoms with Crippen LogP contribution in [0.15, 0.2) is 78.2 Å². The highest BCUT2D eigenvalue weighted by atomic mass is 32.1. The molecule has 2 amide bonds. The summed E-state index contributed by atoms with van der Waals surface area (Å²) in [6.07, 6.45) is 0. The minimum Gasteiger partial charge on any atom is -0.482 e. The Balaban J connectivity index is 1.41. The number of rotatable bonds is 5. The van der Waals surface area contributed by atoms with Gasteiger partial charge in [0.25, 0.3) is 5.91 Å². The fourth-order valence-corrected chi connectivity index (χ4v) is 4.39. The Morgan fingerprint density at radius 2 is 1.85 bits per heavy atom. The molecule has 1 aliphatic rings. The van der Waals surface area contributed by atoms with E-state index in [4.69, 9.17) is 9.72 Å². The van der Waals surface area contributed by atoms with E-state index < -0.39 is 11.7 Å². The number of hydrogen-bond donors (Lipinski definition) is 1. The van der Waals surface area contributed by atoms with Crippen molar-refractivity contribution < 1.29 is 18.7 Å². The number of nitrogens with one attached hydrogen (secondary N) is 1. The molecule has 0 atom stereocenters. The number of benzene rings is 3. The third-order valence-electron chi connectivity index (χ3n) is 5.17. The van der Waals surface area contributed by atoms with Gasteiger partial charge >= 0.3 is 0 Å². The summed E-state index contributed by atoms with van der Waals surface area (Å²) >= 11 is 1.53. The topological polar surface area (TPSA) is 71.5 Å². The zero-order chi connectivity index (χ0) is 22.8. The summed E-state index contributed by atoms with van der Waals surface area (Å²) in [4.78, 5) is 31.2. The average Bonchev–Trinajstić information content (AvgIpc) is 3.33. The molecule has 1 N–H and O–H groups in total. The zero-order valence-corrected chi connectivity index (χ0v) is 18.1. The van der Waals surface area contributed by atoms with Gasteiger partial charge in [-0.25, -0.2) is 9.37 Å². The molecular weight excluding hydrogens is 441 g/mol. The molecule has 0 radical (unpaired) electrons. The number of anilines is 2. The number of hydrogen-bond acceptors (Lipinski definition) is 5. The number of ether oxygens (including phenoxy) is 1. The molecule has 164 valence electrons. The number of nitrogens with zero attached hydrogens (tertiary/aromatic N) is 2. The molecule has 2 heterocycles. The van der Waals surface area contributed by atoms with Crippen LogP contribution in [0.25, 0.3) is 21.8 Å². The summed E-state index contributed by atoms with van der Waals surface area (Å²) in [7, 11) is 0. The number of carbonyl (C=O) groups is 2. The Hall–Kier alpha value is -4.04. The number of thiazole rings is 1. The largest absolute Gasteiger partial charge is 0.482 e. The van der Waals surface area contributed by atoms with Crippen LogP contribution in [0, 0.1) is 5.82 Å². The molecule has 3 aromatic carbocycles. The molecule has 0 spiro atoms. The predicted octanol–water partition coefficient (Wildman–Crippen LogP) is 4.98. The van der Waals surface area contributed by atoms with Gasteiger partial charge < -0.3 is 10.1 Å². The van der Waals surface area contributed by atoms with Crippen molar-refractivity contribution in [3.63, 3.8) is 0 Å². The number of halogens is 1. The van der Waals surface area contributed by atoms with E-state index in [1.165, 1.54) is 34.4 Å². The van der Waals surface area contributed by atoms with E-state index in [-0.39, 0.29) is 24.7 Å². The highest BCUT2D eigenvalue weighted by Crippen LogP contribution is 2.37. The van der Waals surface area contributed by atoms with E-state index in [9.17, 15) is 14.0 Å². The van der Waals surface area contributed by atoms with Gasteiger partial charge in [-0.15, -0.1) is 11.3 Å².